The van der Waals surface area contributed by atoms with Gasteiger partial charge in [-0.2, -0.15) is 0 Å². The maximum Gasteiger partial charge on any atom is 0.242 e. The number of hydrogen-bond donors (Lipinski definition) is 3. The van der Waals surface area contributed by atoms with Crippen LogP contribution in [0.4, 0.5) is 0 Å². The van der Waals surface area contributed by atoms with Crippen LogP contribution in [-0.4, -0.2) is 29.4 Å². The molecule has 1 aromatic carbocycles. The molecule has 3 aromatic rings. The lowest BCUT2D eigenvalue weighted by atomic mass is 10.0. The topological polar surface area (TPSA) is 74.0 Å². The maximum absolute atomic E-state index is 12.4. The van der Waals surface area contributed by atoms with E-state index in [9.17, 15) is 9.59 Å². The van der Waals surface area contributed by atoms with Gasteiger partial charge in [0.15, 0.2) is 0 Å². The lowest BCUT2D eigenvalue weighted by Crippen LogP contribution is -2.45. The first kappa shape index (κ1) is 20.1. The van der Waals surface area contributed by atoms with Crippen LogP contribution in [0.5, 0.6) is 0 Å². The van der Waals surface area contributed by atoms with Gasteiger partial charge in [0.1, 0.15) is 6.04 Å². The second kappa shape index (κ2) is 9.06. The van der Waals surface area contributed by atoms with E-state index in [1.165, 1.54) is 5.56 Å². The van der Waals surface area contributed by atoms with Crippen molar-refractivity contribution >= 4 is 34.1 Å². The van der Waals surface area contributed by atoms with E-state index in [0.717, 1.165) is 33.5 Å². The molecule has 0 aliphatic carbocycles. The van der Waals surface area contributed by atoms with E-state index in [0.29, 0.717) is 19.4 Å². The van der Waals surface area contributed by atoms with Crippen molar-refractivity contribution in [3.8, 4) is 10.6 Å². The minimum Gasteiger partial charge on any atom is -0.354 e. The third-order valence-corrected chi connectivity index (χ3v) is 5.64. The van der Waals surface area contributed by atoms with E-state index in [-0.39, 0.29) is 11.8 Å². The molecule has 3 rings (SSSR count). The fourth-order valence-corrected chi connectivity index (χ4v) is 4.02. The molecule has 0 aliphatic rings. The number of aromatic nitrogens is 1. The summed E-state index contributed by atoms with van der Waals surface area (Å²) in [6.07, 6.45) is 1.83. The van der Waals surface area contributed by atoms with Gasteiger partial charge in [0, 0.05) is 23.9 Å². The van der Waals surface area contributed by atoms with E-state index < -0.39 is 6.04 Å². The standard InChI is InChI=1S/C22H27N3O2S/c1-4-11-23-22(27)15(3)24-20(26)10-8-16-17-13-14(2)7-9-18(17)25-21(16)19-6-5-12-28-19/h5-7,9,12-13,15,25H,4,8,10-11H2,1-3H3,(H,23,27)(H,24,26)/t15-/m1/s1. The molecule has 0 aliphatic heterocycles. The van der Waals surface area contributed by atoms with Gasteiger partial charge in [-0.3, -0.25) is 9.59 Å². The molecular weight excluding hydrogens is 370 g/mol. The van der Waals surface area contributed by atoms with Crippen LogP contribution < -0.4 is 10.6 Å². The van der Waals surface area contributed by atoms with Crippen LogP contribution >= 0.6 is 11.3 Å². The van der Waals surface area contributed by atoms with Crippen molar-refractivity contribution < 1.29 is 9.59 Å². The fraction of sp³-hybridized carbons (Fsp3) is 0.364. The molecule has 0 bridgehead atoms. The van der Waals surface area contributed by atoms with E-state index in [1.807, 2.05) is 13.0 Å². The summed E-state index contributed by atoms with van der Waals surface area (Å²) in [6.45, 7) is 6.41. The van der Waals surface area contributed by atoms with Gasteiger partial charge in [0.05, 0.1) is 10.6 Å². The first-order valence-corrected chi connectivity index (χ1v) is 10.6. The van der Waals surface area contributed by atoms with E-state index in [2.05, 4.69) is 52.2 Å². The summed E-state index contributed by atoms with van der Waals surface area (Å²) in [5, 5.41) is 8.83. The van der Waals surface area contributed by atoms with Crippen LogP contribution in [0.2, 0.25) is 0 Å². The SMILES string of the molecule is CCCNC(=O)[C@@H](C)NC(=O)CCc1c(-c2cccs2)[nH]c2ccc(C)cc12. The Balaban J connectivity index is 1.74. The van der Waals surface area contributed by atoms with Gasteiger partial charge < -0.3 is 15.6 Å². The van der Waals surface area contributed by atoms with Crippen LogP contribution in [0.3, 0.4) is 0 Å². The normalized spacial score (nSPS) is 12.1. The van der Waals surface area contributed by atoms with Gasteiger partial charge in [-0.05, 0) is 55.8 Å². The zero-order valence-corrected chi connectivity index (χ0v) is 17.4. The number of H-pyrrole nitrogens is 1. The Labute approximate surface area is 169 Å². The molecule has 1 atom stereocenters. The van der Waals surface area contributed by atoms with Crippen LogP contribution in [0.1, 0.15) is 37.8 Å². The summed E-state index contributed by atoms with van der Waals surface area (Å²) in [4.78, 5) is 29.1. The van der Waals surface area contributed by atoms with Crippen LogP contribution in [0, 0.1) is 6.92 Å². The van der Waals surface area contributed by atoms with Gasteiger partial charge in [0.25, 0.3) is 0 Å². The summed E-state index contributed by atoms with van der Waals surface area (Å²) >= 11 is 1.68. The van der Waals surface area contributed by atoms with Gasteiger partial charge in [-0.1, -0.05) is 24.6 Å². The summed E-state index contributed by atoms with van der Waals surface area (Å²) in [6, 6.07) is 9.93. The van der Waals surface area contributed by atoms with Crippen molar-refractivity contribution in [1.29, 1.82) is 0 Å². The number of benzene rings is 1. The first-order valence-electron chi connectivity index (χ1n) is 9.71. The molecule has 5 nitrogen and oxygen atoms in total. The van der Waals surface area contributed by atoms with Crippen molar-refractivity contribution in [3.05, 3.63) is 46.8 Å². The van der Waals surface area contributed by atoms with Crippen LogP contribution in [-0.2, 0) is 16.0 Å². The third-order valence-electron chi connectivity index (χ3n) is 4.75. The van der Waals surface area contributed by atoms with Gasteiger partial charge >= 0.3 is 0 Å². The van der Waals surface area contributed by atoms with Gasteiger partial charge in [0.2, 0.25) is 11.8 Å². The molecular formula is C22H27N3O2S. The fourth-order valence-electron chi connectivity index (χ4n) is 3.27. The number of fused-ring (bicyclic) bond motifs is 1. The predicted molar refractivity (Wildman–Crippen MR) is 116 cm³/mol. The molecule has 6 heteroatoms. The summed E-state index contributed by atoms with van der Waals surface area (Å²) in [7, 11) is 0. The van der Waals surface area contributed by atoms with Crippen LogP contribution in [0.15, 0.2) is 35.7 Å². The van der Waals surface area contributed by atoms with Crippen molar-refractivity contribution in [3.63, 3.8) is 0 Å². The summed E-state index contributed by atoms with van der Waals surface area (Å²) in [5.41, 5.74) is 4.50. The second-order valence-corrected chi connectivity index (χ2v) is 8.03. The van der Waals surface area contributed by atoms with Crippen molar-refractivity contribution in [2.75, 3.05) is 6.54 Å². The second-order valence-electron chi connectivity index (χ2n) is 7.09. The Morgan fingerprint density at radius 1 is 1.25 bits per heavy atom. The lowest BCUT2D eigenvalue weighted by Gasteiger charge is -2.14. The quantitative estimate of drug-likeness (QED) is 0.534. The number of aromatic amines is 1. The van der Waals surface area contributed by atoms with Crippen molar-refractivity contribution in [2.45, 2.75) is 46.1 Å². The smallest absolute Gasteiger partial charge is 0.242 e. The zero-order valence-electron chi connectivity index (χ0n) is 16.6. The Kier molecular flexibility index (Phi) is 6.52. The minimum atomic E-state index is -0.527. The average Bonchev–Trinajstić information content (AvgIpc) is 3.31. The van der Waals surface area contributed by atoms with E-state index >= 15 is 0 Å². The number of aryl methyl sites for hydroxylation is 2. The van der Waals surface area contributed by atoms with Crippen molar-refractivity contribution in [1.82, 2.24) is 15.6 Å². The maximum atomic E-state index is 12.4. The summed E-state index contributed by atoms with van der Waals surface area (Å²) < 4.78 is 0. The van der Waals surface area contributed by atoms with Crippen LogP contribution in [0.25, 0.3) is 21.5 Å². The molecule has 0 radical (unpaired) electrons. The van der Waals surface area contributed by atoms with E-state index in [4.69, 9.17) is 0 Å². The van der Waals surface area contributed by atoms with Gasteiger partial charge in [-0.15, -0.1) is 11.3 Å². The van der Waals surface area contributed by atoms with E-state index in [1.54, 1.807) is 18.3 Å². The number of rotatable bonds is 8. The largest absolute Gasteiger partial charge is 0.354 e. The number of hydrogen-bond acceptors (Lipinski definition) is 3. The molecule has 148 valence electrons. The number of carbonyl (C=O) groups excluding carboxylic acids is 2. The Hall–Kier alpha value is -2.60. The average molecular weight is 398 g/mol. The monoisotopic (exact) mass is 397 g/mol. The third kappa shape index (κ3) is 4.62. The highest BCUT2D eigenvalue weighted by Gasteiger charge is 2.18. The summed E-state index contributed by atoms with van der Waals surface area (Å²) in [5.74, 6) is -0.254. The number of thiophene rings is 1. The number of carbonyl (C=O) groups is 2. The van der Waals surface area contributed by atoms with Crippen molar-refractivity contribution in [2.24, 2.45) is 0 Å². The highest BCUT2D eigenvalue weighted by atomic mass is 32.1. The molecule has 0 saturated heterocycles. The zero-order chi connectivity index (χ0) is 20.1. The molecule has 2 aromatic heterocycles. The molecule has 0 unspecified atom stereocenters. The number of amides is 2. The predicted octanol–water partition coefficient (Wildman–Crippen LogP) is 4.17. The lowest BCUT2D eigenvalue weighted by molar-refractivity contribution is -0.128. The van der Waals surface area contributed by atoms with Gasteiger partial charge in [-0.25, -0.2) is 0 Å². The minimum absolute atomic E-state index is 0.113. The molecule has 0 spiro atoms. The molecule has 3 N–H and O–H groups in total. The molecule has 2 heterocycles. The molecule has 28 heavy (non-hydrogen) atoms. The molecule has 2 amide bonds. The highest BCUT2D eigenvalue weighted by Crippen LogP contribution is 2.34. The Bertz CT molecular complexity index is 960. The Morgan fingerprint density at radius 3 is 2.79 bits per heavy atom. The highest BCUT2D eigenvalue weighted by molar-refractivity contribution is 7.13. The Morgan fingerprint density at radius 2 is 2.07 bits per heavy atom. The number of nitrogens with one attached hydrogen (secondary N) is 3. The molecule has 0 saturated carbocycles. The molecule has 0 fully saturated rings. The first-order chi connectivity index (χ1) is 13.5.